The summed E-state index contributed by atoms with van der Waals surface area (Å²) < 4.78 is 14.3. The molecule has 1 aromatic heterocycles. The Hall–Kier alpha value is -1.86. The summed E-state index contributed by atoms with van der Waals surface area (Å²) in [7, 11) is 1.74. The molecule has 0 unspecified atom stereocenters. The van der Waals surface area contributed by atoms with Crippen molar-refractivity contribution in [3.05, 3.63) is 35.2 Å². The van der Waals surface area contributed by atoms with Crippen molar-refractivity contribution < 1.29 is 4.39 Å². The van der Waals surface area contributed by atoms with E-state index in [1.165, 1.54) is 6.20 Å². The zero-order valence-corrected chi connectivity index (χ0v) is 10.6. The van der Waals surface area contributed by atoms with Gasteiger partial charge in [0.05, 0.1) is 23.2 Å². The second-order valence-corrected chi connectivity index (χ2v) is 4.32. The molecule has 2 rings (SSSR count). The minimum Gasteiger partial charge on any atom is -0.371 e. The summed E-state index contributed by atoms with van der Waals surface area (Å²) >= 11 is 5.98. The van der Waals surface area contributed by atoms with Crippen molar-refractivity contribution >= 4 is 28.2 Å². The van der Waals surface area contributed by atoms with E-state index in [9.17, 15) is 4.39 Å². The largest absolute Gasteiger partial charge is 0.371 e. The highest BCUT2D eigenvalue weighted by atomic mass is 35.5. The zero-order chi connectivity index (χ0) is 13.1. The Morgan fingerprint density at radius 2 is 2.22 bits per heavy atom. The number of pyridine rings is 1. The van der Waals surface area contributed by atoms with E-state index in [0.717, 1.165) is 0 Å². The molecule has 0 aliphatic rings. The van der Waals surface area contributed by atoms with Crippen molar-refractivity contribution in [2.45, 2.75) is 6.42 Å². The molecule has 18 heavy (non-hydrogen) atoms. The Kier molecular flexibility index (Phi) is 3.63. The van der Waals surface area contributed by atoms with E-state index in [2.05, 4.69) is 4.98 Å². The van der Waals surface area contributed by atoms with Crippen LogP contribution in [0.15, 0.2) is 24.4 Å². The number of fused-ring (bicyclic) bond motifs is 1. The molecule has 0 fully saturated rings. The first-order valence-electron chi connectivity index (χ1n) is 5.46. The Bertz CT molecular complexity index is 621. The summed E-state index contributed by atoms with van der Waals surface area (Å²) in [6, 6.07) is 7.06. The summed E-state index contributed by atoms with van der Waals surface area (Å²) in [6.45, 7) is 0.472. The van der Waals surface area contributed by atoms with Crippen LogP contribution in [0.25, 0.3) is 10.9 Å². The molecule has 0 N–H and O–H groups in total. The van der Waals surface area contributed by atoms with Crippen molar-refractivity contribution in [2.24, 2.45) is 0 Å². The van der Waals surface area contributed by atoms with Crippen molar-refractivity contribution in [2.75, 3.05) is 18.5 Å². The molecule has 0 radical (unpaired) electrons. The highest BCUT2D eigenvalue weighted by molar-refractivity contribution is 6.35. The Morgan fingerprint density at radius 1 is 1.44 bits per heavy atom. The molecule has 5 heteroatoms. The average Bonchev–Trinajstić information content (AvgIpc) is 2.37. The van der Waals surface area contributed by atoms with Gasteiger partial charge in [0.25, 0.3) is 0 Å². The molecule has 0 aliphatic carbocycles. The van der Waals surface area contributed by atoms with Gasteiger partial charge in [-0.1, -0.05) is 11.6 Å². The molecule has 0 bridgehead atoms. The normalized spacial score (nSPS) is 10.3. The third-order valence-corrected chi connectivity index (χ3v) is 3.08. The van der Waals surface area contributed by atoms with Gasteiger partial charge < -0.3 is 4.90 Å². The number of benzene rings is 1. The highest BCUT2D eigenvalue weighted by Crippen LogP contribution is 2.29. The molecular formula is C13H11ClFN3. The van der Waals surface area contributed by atoms with E-state index in [1.807, 2.05) is 6.07 Å². The molecule has 92 valence electrons. The number of anilines is 1. The molecule has 3 nitrogen and oxygen atoms in total. The highest BCUT2D eigenvalue weighted by Gasteiger charge is 2.13. The van der Waals surface area contributed by atoms with Crippen LogP contribution in [0.5, 0.6) is 0 Å². The zero-order valence-electron chi connectivity index (χ0n) is 9.82. The molecule has 1 heterocycles. The smallest absolute Gasteiger partial charge is 0.172 e. The molecule has 0 aliphatic heterocycles. The first-order chi connectivity index (χ1) is 8.65. The molecule has 0 atom stereocenters. The number of halogens is 2. The maximum absolute atomic E-state index is 14.3. The quantitative estimate of drug-likeness (QED) is 0.852. The van der Waals surface area contributed by atoms with E-state index < -0.39 is 5.82 Å². The van der Waals surface area contributed by atoms with Gasteiger partial charge in [-0.3, -0.25) is 4.98 Å². The first kappa shape index (κ1) is 12.6. The fourth-order valence-electron chi connectivity index (χ4n) is 1.77. The van der Waals surface area contributed by atoms with Gasteiger partial charge in [-0.2, -0.15) is 5.26 Å². The van der Waals surface area contributed by atoms with Crippen LogP contribution in [-0.2, 0) is 0 Å². The average molecular weight is 264 g/mol. The van der Waals surface area contributed by atoms with Crippen molar-refractivity contribution in [1.82, 2.24) is 4.98 Å². The van der Waals surface area contributed by atoms with Crippen LogP contribution in [0.2, 0.25) is 5.02 Å². The summed E-state index contributed by atoms with van der Waals surface area (Å²) in [5.41, 5.74) is 0.677. The lowest BCUT2D eigenvalue weighted by Gasteiger charge is -2.19. The molecule has 0 saturated carbocycles. The van der Waals surface area contributed by atoms with Crippen LogP contribution in [0.1, 0.15) is 6.42 Å². The van der Waals surface area contributed by atoms with E-state index in [-0.39, 0.29) is 5.52 Å². The second-order valence-electron chi connectivity index (χ2n) is 3.92. The Balaban J connectivity index is 2.49. The van der Waals surface area contributed by atoms with Crippen LogP contribution in [0.3, 0.4) is 0 Å². The molecular weight excluding hydrogens is 253 g/mol. The minimum atomic E-state index is -0.407. The van der Waals surface area contributed by atoms with Gasteiger partial charge in [0.1, 0.15) is 5.52 Å². The van der Waals surface area contributed by atoms with Crippen LogP contribution in [-0.4, -0.2) is 18.6 Å². The summed E-state index contributed by atoms with van der Waals surface area (Å²) in [6.07, 6.45) is 1.82. The maximum atomic E-state index is 14.3. The van der Waals surface area contributed by atoms with Gasteiger partial charge in [-0.25, -0.2) is 4.39 Å². The van der Waals surface area contributed by atoms with E-state index >= 15 is 0 Å². The summed E-state index contributed by atoms with van der Waals surface area (Å²) in [5.74, 6) is -0.407. The van der Waals surface area contributed by atoms with Crippen LogP contribution in [0.4, 0.5) is 10.1 Å². The van der Waals surface area contributed by atoms with E-state index in [4.69, 9.17) is 16.9 Å². The van der Waals surface area contributed by atoms with Crippen molar-refractivity contribution in [3.8, 4) is 6.07 Å². The van der Waals surface area contributed by atoms with Crippen molar-refractivity contribution in [3.63, 3.8) is 0 Å². The number of nitrogens with zero attached hydrogens (tertiary/aromatic N) is 3. The molecule has 0 saturated heterocycles. The van der Waals surface area contributed by atoms with Gasteiger partial charge >= 0.3 is 0 Å². The third-order valence-electron chi connectivity index (χ3n) is 2.75. The summed E-state index contributed by atoms with van der Waals surface area (Å²) in [4.78, 5) is 5.71. The topological polar surface area (TPSA) is 39.9 Å². The number of hydrogen-bond acceptors (Lipinski definition) is 3. The third kappa shape index (κ3) is 2.22. The second kappa shape index (κ2) is 5.19. The lowest BCUT2D eigenvalue weighted by atomic mass is 10.1. The fraction of sp³-hybridized carbons (Fsp3) is 0.231. The lowest BCUT2D eigenvalue weighted by Crippen LogP contribution is -2.19. The molecule has 0 spiro atoms. The van der Waals surface area contributed by atoms with Gasteiger partial charge in [0.2, 0.25) is 0 Å². The Morgan fingerprint density at radius 3 is 2.94 bits per heavy atom. The van der Waals surface area contributed by atoms with Crippen LogP contribution in [0, 0.1) is 17.1 Å². The lowest BCUT2D eigenvalue weighted by molar-refractivity contribution is 0.631. The van der Waals surface area contributed by atoms with Gasteiger partial charge in [-0.15, -0.1) is 0 Å². The van der Waals surface area contributed by atoms with Crippen LogP contribution >= 0.6 is 11.6 Å². The first-order valence-corrected chi connectivity index (χ1v) is 5.83. The number of rotatable bonds is 3. The molecule has 2 aromatic rings. The molecule has 1 aromatic carbocycles. The predicted octanol–water partition coefficient (Wildman–Crippen LogP) is 3.38. The monoisotopic (exact) mass is 263 g/mol. The van der Waals surface area contributed by atoms with Gasteiger partial charge in [-0.05, 0) is 18.2 Å². The number of aromatic nitrogens is 1. The van der Waals surface area contributed by atoms with Gasteiger partial charge in [0.15, 0.2) is 5.82 Å². The number of nitriles is 1. The van der Waals surface area contributed by atoms with E-state index in [1.54, 1.807) is 30.1 Å². The molecule has 0 amide bonds. The van der Waals surface area contributed by atoms with Gasteiger partial charge in [0, 0.05) is 25.2 Å². The Labute approximate surface area is 109 Å². The maximum Gasteiger partial charge on any atom is 0.172 e. The van der Waals surface area contributed by atoms with Crippen LogP contribution < -0.4 is 4.90 Å². The fourth-order valence-corrected chi connectivity index (χ4v) is 1.98. The van der Waals surface area contributed by atoms with Crippen molar-refractivity contribution in [1.29, 1.82) is 5.26 Å². The minimum absolute atomic E-state index is 0.254. The number of hydrogen-bond donors (Lipinski definition) is 0. The standard InChI is InChI=1S/C13H11ClFN3/c1-18(8-2-6-16)11-4-3-9-10(14)5-7-17-13(9)12(11)15/h3-5,7H,2,8H2,1H3. The SMILES string of the molecule is CN(CCC#N)c1ccc2c(Cl)ccnc2c1F. The predicted molar refractivity (Wildman–Crippen MR) is 70.2 cm³/mol. The summed E-state index contributed by atoms with van der Waals surface area (Å²) in [5, 5.41) is 9.61. The van der Waals surface area contributed by atoms with E-state index in [0.29, 0.717) is 29.1 Å².